The summed E-state index contributed by atoms with van der Waals surface area (Å²) in [4.78, 5) is 16.8. The summed E-state index contributed by atoms with van der Waals surface area (Å²) in [6.45, 7) is 1.73. The molecule has 1 aromatic carbocycles. The zero-order valence-corrected chi connectivity index (χ0v) is 14.7. The fraction of sp³-hybridized carbons (Fsp3) is 0.471. The predicted molar refractivity (Wildman–Crippen MR) is 96.5 cm³/mol. The Kier molecular flexibility index (Phi) is 6.80. The number of nitrogens with zero attached hydrogens (tertiary/aromatic N) is 2. The molecule has 22 heavy (non-hydrogen) atoms. The fourth-order valence-corrected chi connectivity index (χ4v) is 3.81. The second-order valence-corrected chi connectivity index (χ2v) is 7.29. The lowest BCUT2D eigenvalue weighted by atomic mass is 10.2. The first-order valence-electron chi connectivity index (χ1n) is 7.53. The average Bonchev–Trinajstić information content (AvgIpc) is 2.71. The molecule has 120 valence electrons. The summed E-state index contributed by atoms with van der Waals surface area (Å²) in [5.74, 6) is 2.21. The predicted octanol–water partition coefficient (Wildman–Crippen LogP) is 3.25. The fourth-order valence-electron chi connectivity index (χ4n) is 2.56. The molecule has 1 amide bonds. The highest BCUT2D eigenvalue weighted by atomic mass is 35.5. The number of thioether (sulfide) groups is 1. The van der Waals surface area contributed by atoms with Gasteiger partial charge in [0.25, 0.3) is 0 Å². The van der Waals surface area contributed by atoms with Crippen molar-refractivity contribution in [2.24, 2.45) is 0 Å². The first-order valence-corrected chi connectivity index (χ1v) is 9.07. The SMILES string of the molecule is CN(C)C[C@@H]1CSCCCN1C(=O)/C=C/c1ccccc1Cl. The molecule has 0 radical (unpaired) electrons. The highest BCUT2D eigenvalue weighted by Crippen LogP contribution is 2.19. The van der Waals surface area contributed by atoms with Crippen LogP contribution in [0.4, 0.5) is 0 Å². The van der Waals surface area contributed by atoms with Crippen LogP contribution < -0.4 is 0 Å². The normalized spacial score (nSPS) is 19.6. The van der Waals surface area contributed by atoms with Crippen LogP contribution in [0.5, 0.6) is 0 Å². The highest BCUT2D eigenvalue weighted by Gasteiger charge is 2.24. The van der Waals surface area contributed by atoms with E-state index in [1.165, 1.54) is 0 Å². The molecular formula is C17H23ClN2OS. The standard InChI is InChI=1S/C17H23ClN2OS/c1-19(2)12-15-13-22-11-5-10-20(15)17(21)9-8-14-6-3-4-7-16(14)18/h3-4,6-9,15H,5,10-13H2,1-2H3/b9-8+/t15-/m1/s1. The van der Waals surface area contributed by atoms with Crippen molar-refractivity contribution in [1.82, 2.24) is 9.80 Å². The smallest absolute Gasteiger partial charge is 0.246 e. The number of carbonyl (C=O) groups excluding carboxylic acids is 1. The molecule has 0 N–H and O–H groups in total. The zero-order valence-electron chi connectivity index (χ0n) is 13.2. The largest absolute Gasteiger partial charge is 0.334 e. The Balaban J connectivity index is 2.09. The van der Waals surface area contributed by atoms with Crippen molar-refractivity contribution in [3.05, 3.63) is 40.9 Å². The van der Waals surface area contributed by atoms with Crippen LogP contribution in [0.3, 0.4) is 0 Å². The van der Waals surface area contributed by atoms with Gasteiger partial charge in [-0.05, 0) is 44.0 Å². The number of rotatable bonds is 4. The molecule has 5 heteroatoms. The van der Waals surface area contributed by atoms with Gasteiger partial charge in [-0.1, -0.05) is 29.8 Å². The van der Waals surface area contributed by atoms with Gasteiger partial charge in [0.1, 0.15) is 0 Å². The minimum Gasteiger partial charge on any atom is -0.334 e. The summed E-state index contributed by atoms with van der Waals surface area (Å²) in [6.07, 6.45) is 4.52. The number of benzene rings is 1. The summed E-state index contributed by atoms with van der Waals surface area (Å²) in [6, 6.07) is 7.84. The van der Waals surface area contributed by atoms with E-state index in [1.807, 2.05) is 47.0 Å². The van der Waals surface area contributed by atoms with Gasteiger partial charge in [0.2, 0.25) is 5.91 Å². The van der Waals surface area contributed by atoms with Gasteiger partial charge in [-0.15, -0.1) is 0 Å². The Labute approximate surface area is 142 Å². The summed E-state index contributed by atoms with van der Waals surface area (Å²) >= 11 is 8.07. The van der Waals surface area contributed by atoms with Crippen molar-refractivity contribution in [2.75, 3.05) is 38.7 Å². The molecule has 0 spiro atoms. The lowest BCUT2D eigenvalue weighted by Gasteiger charge is -2.30. The summed E-state index contributed by atoms with van der Waals surface area (Å²) < 4.78 is 0. The third-order valence-electron chi connectivity index (χ3n) is 3.61. The topological polar surface area (TPSA) is 23.6 Å². The van der Waals surface area contributed by atoms with Crippen molar-refractivity contribution in [3.8, 4) is 0 Å². The van der Waals surface area contributed by atoms with E-state index in [9.17, 15) is 4.79 Å². The Morgan fingerprint density at radius 1 is 1.45 bits per heavy atom. The highest BCUT2D eigenvalue weighted by molar-refractivity contribution is 7.99. The summed E-state index contributed by atoms with van der Waals surface area (Å²) in [7, 11) is 4.11. The van der Waals surface area contributed by atoms with Crippen LogP contribution in [0.15, 0.2) is 30.3 Å². The van der Waals surface area contributed by atoms with Crippen LogP contribution >= 0.6 is 23.4 Å². The number of halogens is 1. The first-order chi connectivity index (χ1) is 10.6. The minimum atomic E-state index is 0.0780. The van der Waals surface area contributed by atoms with Crippen LogP contribution in [0.1, 0.15) is 12.0 Å². The number of hydrogen-bond donors (Lipinski definition) is 0. The second kappa shape index (κ2) is 8.61. The van der Waals surface area contributed by atoms with Crippen LogP contribution in [-0.2, 0) is 4.79 Å². The Hall–Kier alpha value is -0.970. The quantitative estimate of drug-likeness (QED) is 0.787. The number of amides is 1. The second-order valence-electron chi connectivity index (χ2n) is 5.73. The third-order valence-corrected chi connectivity index (χ3v) is 5.15. The van der Waals surface area contributed by atoms with E-state index in [-0.39, 0.29) is 11.9 Å². The molecule has 1 saturated heterocycles. The maximum atomic E-state index is 12.6. The number of likely N-dealkylation sites (N-methyl/N-ethyl adjacent to an activating group) is 1. The lowest BCUT2D eigenvalue weighted by molar-refractivity contribution is -0.128. The molecule has 3 nitrogen and oxygen atoms in total. The maximum Gasteiger partial charge on any atom is 0.246 e. The molecule has 1 aliphatic heterocycles. The van der Waals surface area contributed by atoms with Gasteiger partial charge in [0, 0.05) is 29.9 Å². The van der Waals surface area contributed by atoms with Gasteiger partial charge in [-0.3, -0.25) is 4.79 Å². The molecule has 0 aromatic heterocycles. The van der Waals surface area contributed by atoms with Crippen molar-refractivity contribution in [3.63, 3.8) is 0 Å². The van der Waals surface area contributed by atoms with E-state index in [0.717, 1.165) is 36.6 Å². The summed E-state index contributed by atoms with van der Waals surface area (Å²) in [5.41, 5.74) is 0.880. The van der Waals surface area contributed by atoms with E-state index in [0.29, 0.717) is 5.02 Å². The van der Waals surface area contributed by atoms with E-state index in [2.05, 4.69) is 19.0 Å². The average molecular weight is 339 g/mol. The van der Waals surface area contributed by atoms with Gasteiger partial charge in [0.05, 0.1) is 6.04 Å². The monoisotopic (exact) mass is 338 g/mol. The minimum absolute atomic E-state index is 0.0780. The van der Waals surface area contributed by atoms with Gasteiger partial charge in [0.15, 0.2) is 0 Å². The van der Waals surface area contributed by atoms with E-state index < -0.39 is 0 Å². The van der Waals surface area contributed by atoms with Gasteiger partial charge in [-0.25, -0.2) is 0 Å². The Bertz CT molecular complexity index is 533. The van der Waals surface area contributed by atoms with Gasteiger partial charge in [-0.2, -0.15) is 11.8 Å². The van der Waals surface area contributed by atoms with Crippen molar-refractivity contribution in [2.45, 2.75) is 12.5 Å². The molecule has 0 saturated carbocycles. The molecule has 1 aromatic rings. The molecular weight excluding hydrogens is 316 g/mol. The molecule has 0 aliphatic carbocycles. The molecule has 1 aliphatic rings. The Morgan fingerprint density at radius 2 is 2.23 bits per heavy atom. The molecule has 1 heterocycles. The molecule has 2 rings (SSSR count). The lowest BCUT2D eigenvalue weighted by Crippen LogP contribution is -2.46. The molecule has 1 atom stereocenters. The van der Waals surface area contributed by atoms with E-state index in [4.69, 9.17) is 11.6 Å². The Morgan fingerprint density at radius 3 is 2.95 bits per heavy atom. The van der Waals surface area contributed by atoms with Crippen LogP contribution in [0.25, 0.3) is 6.08 Å². The molecule has 0 bridgehead atoms. The molecule has 0 unspecified atom stereocenters. The van der Waals surface area contributed by atoms with Crippen molar-refractivity contribution < 1.29 is 4.79 Å². The maximum absolute atomic E-state index is 12.6. The third kappa shape index (κ3) is 5.04. The van der Waals surface area contributed by atoms with Gasteiger partial charge < -0.3 is 9.80 Å². The van der Waals surface area contributed by atoms with E-state index in [1.54, 1.807) is 6.08 Å². The van der Waals surface area contributed by atoms with E-state index >= 15 is 0 Å². The zero-order chi connectivity index (χ0) is 15.9. The van der Waals surface area contributed by atoms with Crippen LogP contribution in [0.2, 0.25) is 5.02 Å². The number of carbonyl (C=O) groups is 1. The van der Waals surface area contributed by atoms with Crippen LogP contribution in [0, 0.1) is 0 Å². The van der Waals surface area contributed by atoms with Crippen molar-refractivity contribution in [1.29, 1.82) is 0 Å². The van der Waals surface area contributed by atoms with Gasteiger partial charge >= 0.3 is 0 Å². The first kappa shape index (κ1) is 17.4. The summed E-state index contributed by atoms with van der Waals surface area (Å²) in [5, 5.41) is 0.669. The molecule has 1 fully saturated rings. The van der Waals surface area contributed by atoms with Crippen LogP contribution in [-0.4, -0.2) is 60.4 Å². The van der Waals surface area contributed by atoms with Crippen molar-refractivity contribution >= 4 is 35.3 Å². The number of hydrogen-bond acceptors (Lipinski definition) is 3.